The topological polar surface area (TPSA) is 80.1 Å². The van der Waals surface area contributed by atoms with Gasteiger partial charge in [0.25, 0.3) is 0 Å². The molecular formula is C20H22FN5O2S2. The van der Waals surface area contributed by atoms with Crippen molar-refractivity contribution in [2.75, 3.05) is 18.8 Å². The Hall–Kier alpha value is -2.72. The van der Waals surface area contributed by atoms with Crippen LogP contribution in [0.3, 0.4) is 0 Å². The van der Waals surface area contributed by atoms with Crippen LogP contribution in [0.5, 0.6) is 0 Å². The molecule has 10 heteroatoms. The minimum Gasteiger partial charge on any atom is -0.350 e. The van der Waals surface area contributed by atoms with E-state index < -0.39 is 0 Å². The highest BCUT2D eigenvalue weighted by molar-refractivity contribution is 7.99. The van der Waals surface area contributed by atoms with Crippen LogP contribution in [0.2, 0.25) is 0 Å². The predicted molar refractivity (Wildman–Crippen MR) is 116 cm³/mol. The van der Waals surface area contributed by atoms with Gasteiger partial charge in [-0.1, -0.05) is 30.0 Å². The first-order chi connectivity index (χ1) is 14.5. The summed E-state index contributed by atoms with van der Waals surface area (Å²) in [5.74, 6) is -0.266. The summed E-state index contributed by atoms with van der Waals surface area (Å²) in [4.78, 5) is 27.3. The fraction of sp³-hybridized carbons (Fsp3) is 0.300. The Kier molecular flexibility index (Phi) is 7.58. The largest absolute Gasteiger partial charge is 0.350 e. The van der Waals surface area contributed by atoms with Crippen molar-refractivity contribution in [3.63, 3.8) is 0 Å². The number of thioether (sulfide) groups is 1. The van der Waals surface area contributed by atoms with Crippen LogP contribution >= 0.6 is 23.1 Å². The number of carbonyl (C=O) groups excluding carboxylic acids is 2. The maximum Gasteiger partial charge on any atom is 0.239 e. The van der Waals surface area contributed by atoms with E-state index in [2.05, 4.69) is 15.5 Å². The number of halogens is 1. The summed E-state index contributed by atoms with van der Waals surface area (Å²) in [6.07, 6.45) is 0. The number of rotatable bonds is 9. The molecular weight excluding hydrogens is 425 g/mol. The average molecular weight is 448 g/mol. The second kappa shape index (κ2) is 10.4. The van der Waals surface area contributed by atoms with E-state index in [9.17, 15) is 14.0 Å². The summed E-state index contributed by atoms with van der Waals surface area (Å²) >= 11 is 2.77. The Labute approximate surface area is 182 Å². The van der Waals surface area contributed by atoms with Crippen molar-refractivity contribution in [2.45, 2.75) is 18.6 Å². The molecule has 0 saturated heterocycles. The minimum atomic E-state index is -0.383. The molecule has 2 aromatic heterocycles. The number of nitrogens with zero attached hydrogens (tertiary/aromatic N) is 4. The van der Waals surface area contributed by atoms with E-state index in [4.69, 9.17) is 0 Å². The molecule has 2 amide bonds. The smallest absolute Gasteiger partial charge is 0.239 e. The molecule has 0 bridgehead atoms. The van der Waals surface area contributed by atoms with Gasteiger partial charge in [0.05, 0.1) is 24.4 Å². The van der Waals surface area contributed by atoms with Gasteiger partial charge in [0.1, 0.15) is 5.82 Å². The lowest BCUT2D eigenvalue weighted by Gasteiger charge is -2.20. The van der Waals surface area contributed by atoms with Crippen LogP contribution in [0.1, 0.15) is 11.8 Å². The SMILES string of the molecule is CCN(CC(=O)NCc1cccs1)C(=O)CSc1nnc(-c2ccccc2F)n1C. The van der Waals surface area contributed by atoms with E-state index in [1.54, 1.807) is 41.2 Å². The summed E-state index contributed by atoms with van der Waals surface area (Å²) in [5, 5.41) is 13.4. The third-order valence-electron chi connectivity index (χ3n) is 4.38. The predicted octanol–water partition coefficient (Wildman–Crippen LogP) is 2.94. The molecule has 30 heavy (non-hydrogen) atoms. The zero-order valence-corrected chi connectivity index (χ0v) is 18.3. The first-order valence-corrected chi connectivity index (χ1v) is 11.2. The Morgan fingerprint density at radius 1 is 1.23 bits per heavy atom. The van der Waals surface area contributed by atoms with Gasteiger partial charge in [0.2, 0.25) is 11.8 Å². The lowest BCUT2D eigenvalue weighted by Crippen LogP contribution is -2.41. The van der Waals surface area contributed by atoms with Crippen LogP contribution in [0, 0.1) is 5.82 Å². The maximum absolute atomic E-state index is 14.0. The Morgan fingerprint density at radius 3 is 2.73 bits per heavy atom. The molecule has 158 valence electrons. The fourth-order valence-corrected chi connectivity index (χ4v) is 4.20. The monoisotopic (exact) mass is 447 g/mol. The van der Waals surface area contributed by atoms with Crippen molar-refractivity contribution in [1.82, 2.24) is 25.0 Å². The van der Waals surface area contributed by atoms with Crippen molar-refractivity contribution in [3.05, 3.63) is 52.5 Å². The number of carbonyl (C=O) groups is 2. The van der Waals surface area contributed by atoms with Crippen molar-refractivity contribution < 1.29 is 14.0 Å². The van der Waals surface area contributed by atoms with E-state index in [0.29, 0.717) is 29.6 Å². The molecule has 0 radical (unpaired) electrons. The van der Waals surface area contributed by atoms with E-state index in [0.717, 1.165) is 4.88 Å². The molecule has 0 spiro atoms. The Bertz CT molecular complexity index is 1010. The summed E-state index contributed by atoms with van der Waals surface area (Å²) in [5.41, 5.74) is 0.350. The molecule has 0 aliphatic heterocycles. The lowest BCUT2D eigenvalue weighted by molar-refractivity contribution is -0.133. The molecule has 3 aromatic rings. The Morgan fingerprint density at radius 2 is 2.03 bits per heavy atom. The summed E-state index contributed by atoms with van der Waals surface area (Å²) in [7, 11) is 1.73. The van der Waals surface area contributed by atoms with Crippen molar-refractivity contribution >= 4 is 34.9 Å². The van der Waals surface area contributed by atoms with E-state index in [1.165, 1.54) is 22.7 Å². The molecule has 3 rings (SSSR count). The fourth-order valence-electron chi connectivity index (χ4n) is 2.74. The molecule has 7 nitrogen and oxygen atoms in total. The molecule has 1 N–H and O–H groups in total. The number of likely N-dealkylation sites (N-methyl/N-ethyl adjacent to an activating group) is 1. The van der Waals surface area contributed by atoms with Gasteiger partial charge in [-0.2, -0.15) is 0 Å². The van der Waals surface area contributed by atoms with Crippen LogP contribution < -0.4 is 5.32 Å². The van der Waals surface area contributed by atoms with Crippen LogP contribution in [0.25, 0.3) is 11.4 Å². The van der Waals surface area contributed by atoms with Gasteiger partial charge in [0, 0.05) is 18.5 Å². The number of hydrogen-bond donors (Lipinski definition) is 1. The highest BCUT2D eigenvalue weighted by Crippen LogP contribution is 2.24. The summed E-state index contributed by atoms with van der Waals surface area (Å²) in [6, 6.07) is 10.2. The lowest BCUT2D eigenvalue weighted by atomic mass is 10.2. The van der Waals surface area contributed by atoms with E-state index in [1.807, 2.05) is 24.4 Å². The normalized spacial score (nSPS) is 10.8. The van der Waals surface area contributed by atoms with Crippen molar-refractivity contribution in [1.29, 1.82) is 0 Å². The number of amides is 2. The first kappa shape index (κ1) is 22.0. The standard InChI is InChI=1S/C20H22FN5O2S2/c1-3-26(12-17(27)22-11-14-7-6-10-29-14)18(28)13-30-20-24-23-19(25(20)2)15-8-4-5-9-16(15)21/h4-10H,3,11-13H2,1-2H3,(H,22,27). The quantitative estimate of drug-likeness (QED) is 0.510. The summed E-state index contributed by atoms with van der Waals surface area (Å²) < 4.78 is 15.7. The molecule has 0 fully saturated rings. The maximum atomic E-state index is 14.0. The molecule has 0 aliphatic carbocycles. The van der Waals surface area contributed by atoms with E-state index >= 15 is 0 Å². The van der Waals surface area contributed by atoms with Crippen LogP contribution in [-0.2, 0) is 23.2 Å². The highest BCUT2D eigenvalue weighted by Gasteiger charge is 2.19. The molecule has 0 unspecified atom stereocenters. The minimum absolute atomic E-state index is 0.000556. The summed E-state index contributed by atoms with van der Waals surface area (Å²) in [6.45, 7) is 2.70. The zero-order chi connectivity index (χ0) is 21.5. The average Bonchev–Trinajstić information content (AvgIpc) is 3.39. The zero-order valence-electron chi connectivity index (χ0n) is 16.7. The molecule has 1 aromatic carbocycles. The molecule has 2 heterocycles. The van der Waals surface area contributed by atoms with Crippen molar-refractivity contribution in [2.24, 2.45) is 7.05 Å². The van der Waals surface area contributed by atoms with Gasteiger partial charge in [-0.25, -0.2) is 4.39 Å². The van der Waals surface area contributed by atoms with Gasteiger partial charge in [0.15, 0.2) is 11.0 Å². The van der Waals surface area contributed by atoms with Gasteiger partial charge >= 0.3 is 0 Å². The van der Waals surface area contributed by atoms with E-state index in [-0.39, 0.29) is 29.9 Å². The molecule has 0 aliphatic rings. The number of hydrogen-bond acceptors (Lipinski definition) is 6. The van der Waals surface area contributed by atoms with Gasteiger partial charge in [-0.3, -0.25) is 9.59 Å². The molecule has 0 atom stereocenters. The van der Waals surface area contributed by atoms with Gasteiger partial charge in [-0.05, 0) is 30.5 Å². The number of aromatic nitrogens is 3. The Balaban J connectivity index is 1.55. The number of benzene rings is 1. The van der Waals surface area contributed by atoms with Crippen LogP contribution in [0.15, 0.2) is 46.9 Å². The van der Waals surface area contributed by atoms with Gasteiger partial charge < -0.3 is 14.8 Å². The second-order valence-electron chi connectivity index (χ2n) is 6.40. The number of nitrogens with one attached hydrogen (secondary N) is 1. The van der Waals surface area contributed by atoms with Crippen LogP contribution in [0.4, 0.5) is 4.39 Å². The van der Waals surface area contributed by atoms with Crippen molar-refractivity contribution in [3.8, 4) is 11.4 Å². The third kappa shape index (κ3) is 5.45. The number of thiophene rings is 1. The van der Waals surface area contributed by atoms with Gasteiger partial charge in [-0.15, -0.1) is 21.5 Å². The first-order valence-electron chi connectivity index (χ1n) is 9.33. The highest BCUT2D eigenvalue weighted by atomic mass is 32.2. The van der Waals surface area contributed by atoms with Crippen LogP contribution in [-0.4, -0.2) is 50.3 Å². The second-order valence-corrected chi connectivity index (χ2v) is 8.37. The molecule has 0 saturated carbocycles. The third-order valence-corrected chi connectivity index (χ3v) is 6.26.